The molecule has 0 spiro atoms. The van der Waals surface area contributed by atoms with E-state index in [2.05, 4.69) is 35.6 Å². The van der Waals surface area contributed by atoms with Crippen molar-refractivity contribution in [1.82, 2.24) is 9.97 Å². The Balaban J connectivity index is 2.90. The topological polar surface area (TPSA) is 38.2 Å². The highest BCUT2D eigenvalue weighted by Gasteiger charge is 2.12. The molecule has 0 N–H and O–H groups in total. The number of methoxy groups -OCH3 is 1. The minimum absolute atomic E-state index is 0.383. The van der Waals surface area contributed by atoms with Gasteiger partial charge in [0.25, 0.3) is 0 Å². The molecule has 0 aliphatic carbocycles. The van der Waals surface area contributed by atoms with Crippen LogP contribution in [0.4, 0.5) is 5.82 Å². The lowest BCUT2D eigenvalue weighted by atomic mass is 10.1. The van der Waals surface area contributed by atoms with E-state index >= 15 is 0 Å². The molecule has 1 rings (SSSR count). The first kappa shape index (κ1) is 15.2. The van der Waals surface area contributed by atoms with E-state index in [1.54, 1.807) is 7.11 Å². The van der Waals surface area contributed by atoms with Gasteiger partial charge < -0.3 is 9.64 Å². The third-order valence-electron chi connectivity index (χ3n) is 2.94. The summed E-state index contributed by atoms with van der Waals surface area (Å²) in [5.74, 6) is 2.14. The summed E-state index contributed by atoms with van der Waals surface area (Å²) < 4.78 is 5.05. The summed E-state index contributed by atoms with van der Waals surface area (Å²) in [6.45, 7) is 8.82. The van der Waals surface area contributed by atoms with Crippen LogP contribution in [-0.2, 0) is 11.3 Å². The van der Waals surface area contributed by atoms with Crippen molar-refractivity contribution in [1.29, 1.82) is 0 Å². The molecule has 0 aliphatic rings. The smallest absolute Gasteiger partial charge is 0.158 e. The molecule has 0 bridgehead atoms. The van der Waals surface area contributed by atoms with E-state index in [1.165, 1.54) is 0 Å². The number of aromatic nitrogens is 2. The Morgan fingerprint density at radius 2 is 2.11 bits per heavy atom. The number of halogens is 1. The minimum Gasteiger partial charge on any atom is -0.377 e. The van der Waals surface area contributed by atoms with Gasteiger partial charge >= 0.3 is 0 Å². The predicted molar refractivity (Wildman–Crippen MR) is 75.1 cm³/mol. The van der Waals surface area contributed by atoms with Gasteiger partial charge in [-0.15, -0.1) is 0 Å². The first-order chi connectivity index (χ1) is 8.60. The van der Waals surface area contributed by atoms with Gasteiger partial charge in [-0.3, -0.25) is 0 Å². The zero-order chi connectivity index (χ0) is 13.5. The normalized spacial score (nSPS) is 12.5. The Morgan fingerprint density at radius 1 is 1.39 bits per heavy atom. The van der Waals surface area contributed by atoms with Crippen molar-refractivity contribution in [3.63, 3.8) is 0 Å². The summed E-state index contributed by atoms with van der Waals surface area (Å²) >= 11 is 6.02. The molecule has 1 aromatic rings. The molecule has 5 heteroatoms. The molecule has 0 fully saturated rings. The Kier molecular flexibility index (Phi) is 6.36. The standard InChI is InChI=1S/C13H22ClN3O/c1-5-10(3)8-17(6-2)13-7-11(14)15-12(16-13)9-18-4/h7,10H,5-6,8-9H2,1-4H3. The molecule has 1 atom stereocenters. The Labute approximate surface area is 114 Å². The number of hydrogen-bond donors (Lipinski definition) is 0. The fourth-order valence-corrected chi connectivity index (χ4v) is 1.89. The molecule has 18 heavy (non-hydrogen) atoms. The molecule has 0 aliphatic heterocycles. The van der Waals surface area contributed by atoms with Gasteiger partial charge in [0.1, 0.15) is 17.6 Å². The summed E-state index contributed by atoms with van der Waals surface area (Å²) in [7, 11) is 1.63. The SMILES string of the molecule is CCC(C)CN(CC)c1cc(Cl)nc(COC)n1. The van der Waals surface area contributed by atoms with Crippen LogP contribution in [0.3, 0.4) is 0 Å². The molecule has 0 saturated carbocycles. The van der Waals surface area contributed by atoms with Gasteiger partial charge in [-0.1, -0.05) is 31.9 Å². The Morgan fingerprint density at radius 3 is 2.67 bits per heavy atom. The molecular formula is C13H22ClN3O. The van der Waals surface area contributed by atoms with Crippen molar-refractivity contribution in [2.75, 3.05) is 25.1 Å². The van der Waals surface area contributed by atoms with Crippen molar-refractivity contribution in [3.05, 3.63) is 17.0 Å². The van der Waals surface area contributed by atoms with Crippen LogP contribution in [0.5, 0.6) is 0 Å². The maximum absolute atomic E-state index is 6.02. The van der Waals surface area contributed by atoms with Crippen LogP contribution in [0.1, 0.15) is 33.0 Å². The van der Waals surface area contributed by atoms with Crippen LogP contribution in [0.25, 0.3) is 0 Å². The van der Waals surface area contributed by atoms with E-state index in [0.29, 0.717) is 23.5 Å². The molecule has 0 amide bonds. The number of anilines is 1. The lowest BCUT2D eigenvalue weighted by Crippen LogP contribution is -2.29. The Hall–Kier alpha value is -0.870. The number of nitrogens with zero attached hydrogens (tertiary/aromatic N) is 3. The second-order valence-corrected chi connectivity index (χ2v) is 4.84. The third kappa shape index (κ3) is 4.42. The van der Waals surface area contributed by atoms with Crippen LogP contribution < -0.4 is 4.90 Å². The monoisotopic (exact) mass is 271 g/mol. The van der Waals surface area contributed by atoms with Crippen molar-refractivity contribution in [3.8, 4) is 0 Å². The third-order valence-corrected chi connectivity index (χ3v) is 3.13. The summed E-state index contributed by atoms with van der Waals surface area (Å²) in [5.41, 5.74) is 0. The van der Waals surface area contributed by atoms with Crippen molar-refractivity contribution in [2.24, 2.45) is 5.92 Å². The highest BCUT2D eigenvalue weighted by Crippen LogP contribution is 2.18. The molecule has 0 saturated heterocycles. The van der Waals surface area contributed by atoms with Crippen LogP contribution >= 0.6 is 11.6 Å². The van der Waals surface area contributed by atoms with Gasteiger partial charge in [-0.05, 0) is 12.8 Å². The van der Waals surface area contributed by atoms with Crippen LogP contribution in [0, 0.1) is 5.92 Å². The number of ether oxygens (including phenoxy) is 1. The minimum atomic E-state index is 0.383. The molecule has 4 nitrogen and oxygen atoms in total. The largest absolute Gasteiger partial charge is 0.377 e. The summed E-state index contributed by atoms with van der Waals surface area (Å²) in [6.07, 6.45) is 1.15. The summed E-state index contributed by atoms with van der Waals surface area (Å²) in [4.78, 5) is 10.9. The van der Waals surface area contributed by atoms with Gasteiger partial charge in [-0.25, -0.2) is 9.97 Å². The quantitative estimate of drug-likeness (QED) is 0.714. The maximum Gasteiger partial charge on any atom is 0.158 e. The van der Waals surface area contributed by atoms with E-state index in [9.17, 15) is 0 Å². The van der Waals surface area contributed by atoms with E-state index in [-0.39, 0.29) is 0 Å². The average molecular weight is 272 g/mol. The highest BCUT2D eigenvalue weighted by atomic mass is 35.5. The van der Waals surface area contributed by atoms with Crippen LogP contribution in [-0.4, -0.2) is 30.2 Å². The van der Waals surface area contributed by atoms with Crippen molar-refractivity contribution < 1.29 is 4.74 Å². The number of hydrogen-bond acceptors (Lipinski definition) is 4. The van der Waals surface area contributed by atoms with Gasteiger partial charge in [-0.2, -0.15) is 0 Å². The van der Waals surface area contributed by atoms with Gasteiger partial charge in [0.15, 0.2) is 5.82 Å². The molecular weight excluding hydrogens is 250 g/mol. The summed E-state index contributed by atoms with van der Waals surface area (Å²) in [5, 5.41) is 0.467. The van der Waals surface area contributed by atoms with Crippen molar-refractivity contribution in [2.45, 2.75) is 33.8 Å². The van der Waals surface area contributed by atoms with Crippen LogP contribution in [0.15, 0.2) is 6.07 Å². The van der Waals surface area contributed by atoms with Crippen LogP contribution in [0.2, 0.25) is 5.15 Å². The molecule has 102 valence electrons. The number of rotatable bonds is 7. The molecule has 1 unspecified atom stereocenters. The summed E-state index contributed by atoms with van der Waals surface area (Å²) in [6, 6.07) is 1.81. The zero-order valence-corrected chi connectivity index (χ0v) is 12.4. The van der Waals surface area contributed by atoms with Crippen molar-refractivity contribution >= 4 is 17.4 Å². The van der Waals surface area contributed by atoms with E-state index in [1.807, 2.05) is 6.07 Å². The molecule has 1 aromatic heterocycles. The van der Waals surface area contributed by atoms with E-state index < -0.39 is 0 Å². The second-order valence-electron chi connectivity index (χ2n) is 4.45. The first-order valence-electron chi connectivity index (χ1n) is 6.38. The predicted octanol–water partition coefficient (Wildman–Crippen LogP) is 3.15. The Bertz CT molecular complexity index is 373. The van der Waals surface area contributed by atoms with Gasteiger partial charge in [0, 0.05) is 26.3 Å². The molecule has 1 heterocycles. The molecule has 0 radical (unpaired) electrons. The van der Waals surface area contributed by atoms with E-state index in [4.69, 9.17) is 16.3 Å². The van der Waals surface area contributed by atoms with Gasteiger partial charge in [0.2, 0.25) is 0 Å². The molecule has 0 aromatic carbocycles. The second kappa shape index (κ2) is 7.54. The fourth-order valence-electron chi connectivity index (χ4n) is 1.70. The lowest BCUT2D eigenvalue weighted by Gasteiger charge is -2.25. The fraction of sp³-hybridized carbons (Fsp3) is 0.692. The first-order valence-corrected chi connectivity index (χ1v) is 6.75. The lowest BCUT2D eigenvalue weighted by molar-refractivity contribution is 0.178. The highest BCUT2D eigenvalue weighted by molar-refractivity contribution is 6.29. The maximum atomic E-state index is 6.02. The zero-order valence-electron chi connectivity index (χ0n) is 11.6. The average Bonchev–Trinajstić information content (AvgIpc) is 2.35. The van der Waals surface area contributed by atoms with E-state index in [0.717, 1.165) is 25.3 Å². The van der Waals surface area contributed by atoms with Gasteiger partial charge in [0.05, 0.1) is 0 Å².